The topological polar surface area (TPSA) is 86.2 Å². The summed E-state index contributed by atoms with van der Waals surface area (Å²) >= 11 is 1.62. The molecule has 0 radical (unpaired) electrons. The molecule has 3 rings (SSSR count). The predicted molar refractivity (Wildman–Crippen MR) is 91.4 cm³/mol. The molecule has 0 spiro atoms. The van der Waals surface area contributed by atoms with Crippen LogP contribution < -0.4 is 11.4 Å². The second-order valence-corrected chi connectivity index (χ2v) is 6.50. The molecule has 1 aliphatic rings. The van der Waals surface area contributed by atoms with Crippen molar-refractivity contribution in [3.63, 3.8) is 0 Å². The minimum atomic E-state index is -1.16. The van der Waals surface area contributed by atoms with Crippen LogP contribution in [-0.4, -0.2) is 30.8 Å². The van der Waals surface area contributed by atoms with Gasteiger partial charge in [0.2, 0.25) is 0 Å². The van der Waals surface area contributed by atoms with E-state index in [4.69, 9.17) is 0 Å². The van der Waals surface area contributed by atoms with Crippen molar-refractivity contribution in [3.8, 4) is 0 Å². The summed E-state index contributed by atoms with van der Waals surface area (Å²) in [5, 5.41) is 9.21. The van der Waals surface area contributed by atoms with E-state index in [1.807, 2.05) is 30.3 Å². The molecule has 2 aromatic rings. The highest BCUT2D eigenvalue weighted by atomic mass is 32.2. The van der Waals surface area contributed by atoms with Gasteiger partial charge < -0.3 is 5.11 Å². The van der Waals surface area contributed by atoms with Gasteiger partial charge >= 0.3 is 17.3 Å². The number of hydrogen-bond acceptors (Lipinski definition) is 4. The molecular weight excluding hydrogens is 330 g/mol. The first-order valence-electron chi connectivity index (χ1n) is 7.53. The van der Waals surface area contributed by atoms with Crippen molar-refractivity contribution < 1.29 is 9.90 Å². The fourth-order valence-electron chi connectivity index (χ4n) is 2.64. The molecule has 0 aliphatic carbocycles. The van der Waals surface area contributed by atoms with Crippen LogP contribution in [0.2, 0.25) is 0 Å². The maximum Gasteiger partial charge on any atom is 0.348 e. The van der Waals surface area contributed by atoms with Gasteiger partial charge in [0.05, 0.1) is 6.54 Å². The van der Waals surface area contributed by atoms with Crippen LogP contribution in [0.5, 0.6) is 0 Å². The zero-order chi connectivity index (χ0) is 17.1. The first-order chi connectivity index (χ1) is 11.6. The number of fused-ring (bicyclic) bond motifs is 1. The monoisotopic (exact) mass is 347 g/mol. The zero-order valence-corrected chi connectivity index (χ0v) is 13.7. The highest BCUT2D eigenvalue weighted by molar-refractivity contribution is 7.98. The predicted octanol–water partition coefficient (Wildman–Crippen LogP) is 0.940. The number of nitrogens with zero attached hydrogens (tertiary/aromatic N) is 3. The molecule has 1 aliphatic heterocycles. The van der Waals surface area contributed by atoms with Gasteiger partial charge in [-0.15, -0.1) is 0 Å². The maximum absolute atomic E-state index is 12.4. The van der Waals surface area contributed by atoms with E-state index in [1.165, 1.54) is 16.3 Å². The number of rotatable bonds is 6. The number of aromatic nitrogens is 3. The van der Waals surface area contributed by atoms with Crippen molar-refractivity contribution in [2.24, 2.45) is 0 Å². The van der Waals surface area contributed by atoms with Crippen molar-refractivity contribution in [2.45, 2.75) is 24.9 Å². The Morgan fingerprint density at radius 3 is 2.67 bits per heavy atom. The fraction of sp³-hybridized carbons (Fsp3) is 0.312. The lowest BCUT2D eigenvalue weighted by Crippen LogP contribution is -2.36. The molecule has 1 aromatic carbocycles. The van der Waals surface area contributed by atoms with Gasteiger partial charge in [0.15, 0.2) is 6.04 Å². The molecule has 0 fully saturated rings. The average Bonchev–Trinajstić information content (AvgIpc) is 2.84. The van der Waals surface area contributed by atoms with Crippen LogP contribution in [0, 0.1) is 0 Å². The van der Waals surface area contributed by atoms with Crippen molar-refractivity contribution in [3.05, 3.63) is 69.0 Å². The summed E-state index contributed by atoms with van der Waals surface area (Å²) in [6.07, 6.45) is 3.02. The van der Waals surface area contributed by atoms with Crippen LogP contribution in [0.3, 0.4) is 0 Å². The number of carboxylic acids is 1. The second kappa shape index (κ2) is 6.96. The zero-order valence-electron chi connectivity index (χ0n) is 12.9. The fourth-order valence-corrected chi connectivity index (χ4v) is 3.53. The van der Waals surface area contributed by atoms with E-state index >= 15 is 0 Å². The van der Waals surface area contributed by atoms with Crippen molar-refractivity contribution in [1.29, 1.82) is 0 Å². The summed E-state index contributed by atoms with van der Waals surface area (Å²) in [4.78, 5) is 36.0. The largest absolute Gasteiger partial charge is 0.479 e. The molecule has 24 heavy (non-hydrogen) atoms. The lowest BCUT2D eigenvalue weighted by atomic mass is 10.2. The Balaban J connectivity index is 1.72. The minimum Gasteiger partial charge on any atom is -0.479 e. The Labute approximate surface area is 141 Å². The first kappa shape index (κ1) is 16.4. The molecule has 1 N–H and O–H groups in total. The number of allylic oxidation sites excluding steroid dienone is 1. The van der Waals surface area contributed by atoms with Crippen molar-refractivity contribution in [2.75, 3.05) is 5.75 Å². The van der Waals surface area contributed by atoms with E-state index < -0.39 is 23.4 Å². The van der Waals surface area contributed by atoms with Gasteiger partial charge in [0.25, 0.3) is 0 Å². The van der Waals surface area contributed by atoms with Crippen LogP contribution >= 0.6 is 11.8 Å². The van der Waals surface area contributed by atoms with Crippen LogP contribution in [0.4, 0.5) is 0 Å². The van der Waals surface area contributed by atoms with Gasteiger partial charge in [0.1, 0.15) is 0 Å². The Morgan fingerprint density at radius 1 is 1.21 bits per heavy atom. The number of carboxylic acid groups (broad SMARTS) is 1. The van der Waals surface area contributed by atoms with E-state index in [2.05, 4.69) is 0 Å². The van der Waals surface area contributed by atoms with Gasteiger partial charge in [-0.25, -0.2) is 28.3 Å². The Kier molecular flexibility index (Phi) is 4.75. The molecule has 0 bridgehead atoms. The van der Waals surface area contributed by atoms with E-state index in [9.17, 15) is 19.5 Å². The highest BCUT2D eigenvalue weighted by Gasteiger charge is 2.27. The summed E-state index contributed by atoms with van der Waals surface area (Å²) in [6.45, 7) is 0.469. The molecule has 0 saturated heterocycles. The third-order valence-electron chi connectivity index (χ3n) is 3.82. The minimum absolute atomic E-state index is 0.210. The average molecular weight is 347 g/mol. The summed E-state index contributed by atoms with van der Waals surface area (Å²) in [6, 6.07) is 8.80. The van der Waals surface area contributed by atoms with Crippen molar-refractivity contribution >= 4 is 17.7 Å². The molecule has 0 amide bonds. The molecule has 126 valence electrons. The smallest absolute Gasteiger partial charge is 0.348 e. The van der Waals surface area contributed by atoms with Crippen LogP contribution in [0.1, 0.15) is 11.6 Å². The number of carbonyl (C=O) groups is 1. The number of aliphatic carboxylic acids is 1. The third kappa shape index (κ3) is 3.09. The molecule has 1 atom stereocenters. The molecular formula is C16H17N3O4S. The molecule has 1 unspecified atom stereocenters. The van der Waals surface area contributed by atoms with E-state index in [1.54, 1.807) is 17.8 Å². The van der Waals surface area contributed by atoms with E-state index in [0.717, 1.165) is 15.0 Å². The third-order valence-corrected chi connectivity index (χ3v) is 4.83. The molecule has 2 heterocycles. The van der Waals surface area contributed by atoms with Crippen molar-refractivity contribution in [1.82, 2.24) is 13.9 Å². The lowest BCUT2D eigenvalue weighted by molar-refractivity contribution is -0.140. The highest BCUT2D eigenvalue weighted by Crippen LogP contribution is 2.12. The summed E-state index contributed by atoms with van der Waals surface area (Å²) in [5.74, 6) is 0.237. The first-order valence-corrected chi connectivity index (χ1v) is 8.68. The van der Waals surface area contributed by atoms with Crippen LogP contribution in [0.15, 0.2) is 52.1 Å². The standard InChI is InChI=1S/C16H17N3O4S/c20-14(21)13-7-4-8-18-15(22)17(16(23)19(13)18)9-10-24-11-12-5-2-1-3-6-12/h1-7,13H,8-11H2,(H,20,21). The summed E-state index contributed by atoms with van der Waals surface area (Å²) in [5.41, 5.74) is 0.144. The number of hydrogen-bond donors (Lipinski definition) is 1. The number of thioether (sulfide) groups is 1. The van der Waals surface area contributed by atoms with Gasteiger partial charge in [-0.1, -0.05) is 42.5 Å². The van der Waals surface area contributed by atoms with Gasteiger partial charge in [-0.3, -0.25) is 0 Å². The van der Waals surface area contributed by atoms with Gasteiger partial charge in [-0.2, -0.15) is 11.8 Å². The molecule has 8 heteroatoms. The maximum atomic E-state index is 12.4. The van der Waals surface area contributed by atoms with E-state index in [-0.39, 0.29) is 13.1 Å². The normalized spacial score (nSPS) is 16.1. The van der Waals surface area contributed by atoms with Gasteiger partial charge in [0, 0.05) is 18.1 Å². The lowest BCUT2D eigenvalue weighted by Gasteiger charge is -2.16. The molecule has 0 saturated carbocycles. The van der Waals surface area contributed by atoms with E-state index in [0.29, 0.717) is 5.75 Å². The Morgan fingerprint density at radius 2 is 1.96 bits per heavy atom. The van der Waals surface area contributed by atoms with Crippen LogP contribution in [0.25, 0.3) is 0 Å². The second-order valence-electron chi connectivity index (χ2n) is 5.39. The Bertz CT molecular complexity index is 879. The molecule has 1 aromatic heterocycles. The summed E-state index contributed by atoms with van der Waals surface area (Å²) < 4.78 is 3.32. The number of benzene rings is 1. The molecule has 7 nitrogen and oxygen atoms in total. The SMILES string of the molecule is O=C(O)C1C=CCn2c(=O)n(CCSCc3ccccc3)c(=O)n21. The quantitative estimate of drug-likeness (QED) is 0.621. The summed E-state index contributed by atoms with van der Waals surface area (Å²) in [7, 11) is 0. The van der Waals surface area contributed by atoms with Gasteiger partial charge in [-0.05, 0) is 5.56 Å². The Hall–Kier alpha value is -2.48. The van der Waals surface area contributed by atoms with Crippen LogP contribution in [-0.2, 0) is 23.6 Å².